The molecule has 0 saturated carbocycles. The Morgan fingerprint density at radius 1 is 1.23 bits per heavy atom. The van der Waals surface area contributed by atoms with Gasteiger partial charge < -0.3 is 40.4 Å². The Balaban J connectivity index is 1.37. The van der Waals surface area contributed by atoms with E-state index >= 15 is 0 Å². The van der Waals surface area contributed by atoms with Crippen molar-refractivity contribution in [1.29, 1.82) is 0 Å². The average molecular weight is 795 g/mol. The van der Waals surface area contributed by atoms with Crippen LogP contribution < -0.4 is 26.8 Å². The third kappa shape index (κ3) is 10.5. The minimum Gasteiger partial charge on any atom is -0.487 e. The quantitative estimate of drug-likeness (QED) is 0.0260. The number of aryl methyl sites for hydroxylation is 1. The van der Waals surface area contributed by atoms with Crippen LogP contribution in [0.1, 0.15) is 26.0 Å². The maximum absolute atomic E-state index is 13.2. The number of aliphatic carboxylic acids is 1. The molecule has 4 heterocycles. The summed E-state index contributed by atoms with van der Waals surface area (Å²) in [6, 6.07) is 1.42. The van der Waals surface area contributed by atoms with Crippen LogP contribution in [0.4, 0.5) is 30.1 Å². The number of hydroxylamine groups is 2. The predicted molar refractivity (Wildman–Crippen MR) is 171 cm³/mol. The van der Waals surface area contributed by atoms with Gasteiger partial charge in [-0.3, -0.25) is 19.9 Å². The molecule has 27 heteroatoms. The number of ether oxygens (including phenoxy) is 2. The van der Waals surface area contributed by atoms with Crippen LogP contribution in [-0.2, 0) is 50.0 Å². The van der Waals surface area contributed by atoms with Crippen molar-refractivity contribution in [3.05, 3.63) is 41.8 Å². The molecule has 0 spiro atoms. The summed E-state index contributed by atoms with van der Waals surface area (Å²) < 4.78 is 83.6. The lowest BCUT2D eigenvalue weighted by Gasteiger charge is -2.50. The molecule has 3 aromatic heterocycles. The number of esters is 1. The van der Waals surface area contributed by atoms with Crippen LogP contribution in [0.5, 0.6) is 5.75 Å². The third-order valence-electron chi connectivity index (χ3n) is 6.88. The number of halogens is 3. The molecule has 8 N–H and O–H groups in total. The number of nitrogens with zero attached hydrogens (tertiary/aromatic N) is 6. The van der Waals surface area contributed by atoms with Gasteiger partial charge in [0.25, 0.3) is 17.9 Å². The van der Waals surface area contributed by atoms with E-state index < -0.39 is 76.6 Å². The van der Waals surface area contributed by atoms with Crippen LogP contribution in [0.3, 0.4) is 0 Å². The van der Waals surface area contributed by atoms with E-state index in [0.29, 0.717) is 5.06 Å². The fourth-order valence-corrected chi connectivity index (χ4v) is 5.25. The number of hydrogen-bond acceptors (Lipinski definition) is 18. The molecule has 288 valence electrons. The molecule has 0 bridgehead atoms. The first-order chi connectivity index (χ1) is 24.7. The van der Waals surface area contributed by atoms with Crippen molar-refractivity contribution in [1.82, 2.24) is 29.9 Å². The van der Waals surface area contributed by atoms with Crippen molar-refractivity contribution in [2.75, 3.05) is 17.7 Å². The zero-order valence-corrected chi connectivity index (χ0v) is 28.7. The zero-order chi connectivity index (χ0) is 39.3. The normalized spacial score (nSPS) is 17.0. The largest absolute Gasteiger partial charge is 0.490 e. The maximum atomic E-state index is 13.2. The van der Waals surface area contributed by atoms with Gasteiger partial charge in [0.15, 0.2) is 17.1 Å². The van der Waals surface area contributed by atoms with Crippen LogP contribution in [0.25, 0.3) is 0 Å². The summed E-state index contributed by atoms with van der Waals surface area (Å²) >= 11 is 0.899. The van der Waals surface area contributed by atoms with E-state index in [9.17, 15) is 45.9 Å². The van der Waals surface area contributed by atoms with Crippen molar-refractivity contribution in [3.8, 4) is 5.75 Å². The number of imidazole rings is 1. The number of oxime groups is 1. The highest BCUT2D eigenvalue weighted by atomic mass is 32.3. The van der Waals surface area contributed by atoms with Gasteiger partial charge in [-0.2, -0.15) is 26.7 Å². The van der Waals surface area contributed by atoms with Crippen molar-refractivity contribution in [2.24, 2.45) is 10.9 Å². The van der Waals surface area contributed by atoms with Gasteiger partial charge in [-0.25, -0.2) is 24.5 Å². The second-order valence-corrected chi connectivity index (χ2v) is 13.0. The van der Waals surface area contributed by atoms with Crippen LogP contribution in [0.2, 0.25) is 0 Å². The number of carbonyl (C=O) groups excluding carboxylic acids is 3. The van der Waals surface area contributed by atoms with E-state index in [1.54, 1.807) is 0 Å². The topological polar surface area (TPSA) is 315 Å². The number of amides is 2. The molecule has 1 fully saturated rings. The van der Waals surface area contributed by atoms with Crippen LogP contribution >= 0.6 is 11.3 Å². The summed E-state index contributed by atoms with van der Waals surface area (Å²) in [6.07, 6.45) is -4.66. The first-order valence-corrected chi connectivity index (χ1v) is 16.8. The number of pyridine rings is 1. The molecule has 3 atom stereocenters. The lowest BCUT2D eigenvalue weighted by Crippen LogP contribution is -2.76. The number of carbonyl (C=O) groups is 4. The number of carboxylic acids is 1. The summed E-state index contributed by atoms with van der Waals surface area (Å²) in [5.74, 6) is -5.65. The van der Waals surface area contributed by atoms with E-state index in [2.05, 4.69) is 39.8 Å². The predicted octanol–water partition coefficient (Wildman–Crippen LogP) is -0.0663. The maximum Gasteiger partial charge on any atom is 0.490 e. The Morgan fingerprint density at radius 3 is 2.51 bits per heavy atom. The number of rotatable bonds is 17. The average Bonchev–Trinajstić information content (AvgIpc) is 3.70. The molecular weight excluding hydrogens is 765 g/mol. The van der Waals surface area contributed by atoms with Crippen LogP contribution in [0, 0.1) is 0 Å². The van der Waals surface area contributed by atoms with Crippen LogP contribution in [-0.4, -0.2) is 109 Å². The molecule has 0 radical (unpaired) electrons. The number of alkyl halides is 3. The van der Waals surface area contributed by atoms with Gasteiger partial charge in [-0.15, -0.1) is 15.6 Å². The highest BCUT2D eigenvalue weighted by Crippen LogP contribution is 2.33. The number of anilines is 3. The van der Waals surface area contributed by atoms with Gasteiger partial charge in [0.05, 0.1) is 11.7 Å². The molecule has 0 aromatic carbocycles. The molecule has 3 aromatic rings. The highest BCUT2D eigenvalue weighted by Gasteiger charge is 2.58. The lowest BCUT2D eigenvalue weighted by atomic mass is 9.84. The Bertz CT molecular complexity index is 1970. The molecule has 22 nitrogen and oxygen atoms in total. The number of hydrogen-bond donors (Lipinski definition) is 6. The van der Waals surface area contributed by atoms with Gasteiger partial charge in [0.2, 0.25) is 5.95 Å². The number of nitrogens with one attached hydrogen (secondary N) is 2. The monoisotopic (exact) mass is 794 g/mol. The van der Waals surface area contributed by atoms with E-state index in [1.165, 1.54) is 54.5 Å². The summed E-state index contributed by atoms with van der Waals surface area (Å²) in [5, 5.41) is 20.1. The van der Waals surface area contributed by atoms with Crippen molar-refractivity contribution >= 4 is 68.1 Å². The smallest absolute Gasteiger partial charge is 0.487 e. The third-order valence-corrected chi connectivity index (χ3v) is 7.90. The Labute approximate surface area is 299 Å². The summed E-state index contributed by atoms with van der Waals surface area (Å²) in [6.45, 7) is 1.97. The molecule has 53 heavy (non-hydrogen) atoms. The van der Waals surface area contributed by atoms with E-state index in [0.717, 1.165) is 11.3 Å². The zero-order valence-electron chi connectivity index (χ0n) is 27.1. The van der Waals surface area contributed by atoms with Crippen molar-refractivity contribution < 1.29 is 69.0 Å². The molecule has 2 amide bonds. The Hall–Kier alpha value is -5.64. The minimum atomic E-state index is -5.19. The van der Waals surface area contributed by atoms with Gasteiger partial charge in [-0.05, 0) is 26.0 Å². The number of carboxylic acid groups (broad SMARTS) is 1. The SMILES string of the molecule is CC1(C)[C@H](NC(=O)/C(=N\O[C@@H](COc2ccc(Nc3nccn3CC[C@@H](N)OC(=O)C(F)(F)F)nc2)C(=O)O)c2csc(N)n2)C(=O)N1OS(=O)(=O)O. The van der Waals surface area contributed by atoms with E-state index in [1.807, 2.05) is 0 Å². The number of nitrogens with two attached hydrogens (primary N) is 2. The summed E-state index contributed by atoms with van der Waals surface area (Å²) in [7, 11) is -5.07. The molecule has 1 aliphatic heterocycles. The molecule has 1 aliphatic rings. The standard InChI is InChI=1S/C26H29F3N10O12S2/c1-25(2)18(20(41)39(25)51-53(45,46)47)36-19(40)17(13-11-52-23(31)34-13)37-50-14(21(42)43)10-48-12-3-4-16(33-9-12)35-24-32-6-8-38(24)7-5-15(30)49-22(44)26(27,28)29/h3-4,6,8-9,11,14-15,18H,5,7,10,30H2,1-2H3,(H2,31,34)(H,36,40)(H,42,43)(H,32,33,35)(H,45,46,47)/b37-17-/t14-,15-,18+/m0/s1. The first kappa shape index (κ1) is 40.1. The molecule has 0 aliphatic carbocycles. The summed E-state index contributed by atoms with van der Waals surface area (Å²) in [5.41, 5.74) is 8.88. The van der Waals surface area contributed by atoms with Crippen molar-refractivity contribution in [3.63, 3.8) is 0 Å². The lowest BCUT2D eigenvalue weighted by molar-refractivity contribution is -0.218. The fraction of sp³-hybridized carbons (Fsp3) is 0.385. The van der Waals surface area contributed by atoms with Crippen LogP contribution in [0.15, 0.2) is 41.3 Å². The second-order valence-electron chi connectivity index (χ2n) is 11.1. The number of aromatic nitrogens is 4. The number of thiazole rings is 1. The highest BCUT2D eigenvalue weighted by molar-refractivity contribution is 7.80. The fourth-order valence-electron chi connectivity index (χ4n) is 4.25. The molecule has 1 saturated heterocycles. The van der Waals surface area contributed by atoms with Gasteiger partial charge in [-0.1, -0.05) is 5.16 Å². The molecular formula is C26H29F3N10O12S2. The van der Waals surface area contributed by atoms with Crippen molar-refractivity contribution in [2.45, 2.75) is 56.9 Å². The first-order valence-electron chi connectivity index (χ1n) is 14.6. The van der Waals surface area contributed by atoms with Gasteiger partial charge in [0.1, 0.15) is 29.9 Å². The Morgan fingerprint density at radius 2 is 1.94 bits per heavy atom. The van der Waals surface area contributed by atoms with Gasteiger partial charge >= 0.3 is 28.5 Å². The number of β-lactam (4-membered cyclic amide) rings is 1. The van der Waals surface area contributed by atoms with Gasteiger partial charge in [0, 0.05) is 30.7 Å². The Kier molecular flexibility index (Phi) is 12.1. The summed E-state index contributed by atoms with van der Waals surface area (Å²) in [4.78, 5) is 65.9. The molecule has 0 unspecified atom stereocenters. The second kappa shape index (κ2) is 15.9. The van der Waals surface area contributed by atoms with E-state index in [-0.39, 0.29) is 41.3 Å². The number of nitrogen functional groups attached to an aromatic ring is 1. The van der Waals surface area contributed by atoms with E-state index in [4.69, 9.17) is 25.6 Å². The minimum absolute atomic E-state index is 0.00264. The molecule has 4 rings (SSSR count).